The number of hydrogen-bond donors (Lipinski definition) is 0. The van der Waals surface area contributed by atoms with E-state index in [9.17, 15) is 4.79 Å². The van der Waals surface area contributed by atoms with Crippen LogP contribution < -0.4 is 0 Å². The van der Waals surface area contributed by atoms with Crippen LogP contribution in [0.5, 0.6) is 0 Å². The number of rotatable bonds is 4. The first-order chi connectivity index (χ1) is 12.2. The Morgan fingerprint density at radius 1 is 1.28 bits per heavy atom. The Labute approximate surface area is 153 Å². The van der Waals surface area contributed by atoms with E-state index in [0.29, 0.717) is 11.9 Å². The second kappa shape index (κ2) is 7.30. The number of thiophene rings is 1. The molecule has 1 amide bonds. The number of likely N-dealkylation sites (tertiary alicyclic amines) is 2. The van der Waals surface area contributed by atoms with Crippen molar-refractivity contribution in [1.29, 1.82) is 0 Å². The molecule has 0 unspecified atom stereocenters. The van der Waals surface area contributed by atoms with Gasteiger partial charge in [0.1, 0.15) is 5.82 Å². The first-order valence-electron chi connectivity index (χ1n) is 9.23. The van der Waals surface area contributed by atoms with Crippen LogP contribution in [0.1, 0.15) is 43.1 Å². The first-order valence-corrected chi connectivity index (χ1v) is 10.2. The molecule has 0 saturated carbocycles. The highest BCUT2D eigenvalue weighted by molar-refractivity contribution is 7.07. The maximum Gasteiger partial charge on any atom is 0.226 e. The van der Waals surface area contributed by atoms with Crippen LogP contribution in [0.25, 0.3) is 0 Å². The fourth-order valence-corrected chi connectivity index (χ4v) is 4.87. The minimum Gasteiger partial charge on any atom is -0.337 e. The van der Waals surface area contributed by atoms with Crippen molar-refractivity contribution in [3.63, 3.8) is 0 Å². The molecule has 0 aromatic carbocycles. The van der Waals surface area contributed by atoms with Crippen molar-refractivity contribution in [1.82, 2.24) is 19.4 Å². The summed E-state index contributed by atoms with van der Waals surface area (Å²) in [5, 5.41) is 4.32. The van der Waals surface area contributed by atoms with Crippen molar-refractivity contribution in [2.24, 2.45) is 13.0 Å². The van der Waals surface area contributed by atoms with Crippen LogP contribution in [-0.4, -0.2) is 44.9 Å². The Morgan fingerprint density at radius 2 is 2.12 bits per heavy atom. The molecule has 0 spiro atoms. The van der Waals surface area contributed by atoms with Gasteiger partial charge in [-0.15, -0.1) is 0 Å². The lowest BCUT2D eigenvalue weighted by Crippen LogP contribution is -2.42. The van der Waals surface area contributed by atoms with Gasteiger partial charge in [0.25, 0.3) is 0 Å². The van der Waals surface area contributed by atoms with Gasteiger partial charge in [-0.1, -0.05) is 0 Å². The lowest BCUT2D eigenvalue weighted by molar-refractivity contribution is -0.138. The van der Waals surface area contributed by atoms with E-state index in [4.69, 9.17) is 0 Å². The Bertz CT molecular complexity index is 703. The minimum absolute atomic E-state index is 0.192. The third-order valence-electron chi connectivity index (χ3n) is 5.69. The summed E-state index contributed by atoms with van der Waals surface area (Å²) in [5.74, 6) is 1.67. The molecule has 2 saturated heterocycles. The van der Waals surface area contributed by atoms with Gasteiger partial charge in [-0.05, 0) is 61.2 Å². The summed E-state index contributed by atoms with van der Waals surface area (Å²) in [4.78, 5) is 22.1. The number of aromatic nitrogens is 2. The lowest BCUT2D eigenvalue weighted by atomic mass is 9.94. The zero-order valence-corrected chi connectivity index (χ0v) is 15.6. The number of nitrogens with zero attached hydrogens (tertiary/aromatic N) is 4. The second-order valence-corrected chi connectivity index (χ2v) is 8.03. The number of amides is 1. The maximum absolute atomic E-state index is 13.1. The summed E-state index contributed by atoms with van der Waals surface area (Å²) < 4.78 is 2.08. The zero-order chi connectivity index (χ0) is 17.2. The van der Waals surface area contributed by atoms with E-state index in [1.54, 1.807) is 11.3 Å². The van der Waals surface area contributed by atoms with Crippen molar-refractivity contribution in [2.45, 2.75) is 38.3 Å². The molecule has 1 atom stereocenters. The monoisotopic (exact) mass is 358 g/mol. The SMILES string of the molecule is Cn1ccnc1CN1CCC(C(=O)N2CCC[C@@H]2c2ccsc2)CC1. The molecule has 2 aliphatic heterocycles. The van der Waals surface area contributed by atoms with Crippen LogP contribution >= 0.6 is 11.3 Å². The van der Waals surface area contributed by atoms with Gasteiger partial charge in [-0.3, -0.25) is 9.69 Å². The molecule has 4 rings (SSSR count). The van der Waals surface area contributed by atoms with Gasteiger partial charge >= 0.3 is 0 Å². The van der Waals surface area contributed by atoms with E-state index in [0.717, 1.165) is 57.7 Å². The summed E-state index contributed by atoms with van der Waals surface area (Å²) in [7, 11) is 2.04. The lowest BCUT2D eigenvalue weighted by Gasteiger charge is -2.34. The van der Waals surface area contributed by atoms with Gasteiger partial charge in [-0.25, -0.2) is 4.98 Å². The van der Waals surface area contributed by atoms with E-state index >= 15 is 0 Å². The largest absolute Gasteiger partial charge is 0.337 e. The van der Waals surface area contributed by atoms with E-state index in [-0.39, 0.29) is 5.92 Å². The van der Waals surface area contributed by atoms with Crippen molar-refractivity contribution in [2.75, 3.05) is 19.6 Å². The molecule has 2 fully saturated rings. The zero-order valence-electron chi connectivity index (χ0n) is 14.8. The molecule has 0 N–H and O–H groups in total. The van der Waals surface area contributed by atoms with Gasteiger partial charge in [0.15, 0.2) is 0 Å². The van der Waals surface area contributed by atoms with Crippen LogP contribution in [0, 0.1) is 5.92 Å². The molecule has 2 aliphatic rings. The normalized spacial score (nSPS) is 22.6. The molecule has 25 heavy (non-hydrogen) atoms. The molecule has 6 heteroatoms. The van der Waals surface area contributed by atoms with E-state index in [1.165, 1.54) is 5.56 Å². The van der Waals surface area contributed by atoms with Crippen molar-refractivity contribution in [3.05, 3.63) is 40.6 Å². The summed E-state index contributed by atoms with van der Waals surface area (Å²) in [5.41, 5.74) is 1.32. The third kappa shape index (κ3) is 3.51. The topological polar surface area (TPSA) is 41.4 Å². The minimum atomic E-state index is 0.192. The number of imidazole rings is 1. The van der Waals surface area contributed by atoms with E-state index in [2.05, 4.69) is 36.2 Å². The molecule has 5 nitrogen and oxygen atoms in total. The molecule has 0 bridgehead atoms. The Morgan fingerprint density at radius 3 is 2.80 bits per heavy atom. The van der Waals surface area contributed by atoms with Crippen LogP contribution in [0.3, 0.4) is 0 Å². The highest BCUT2D eigenvalue weighted by Gasteiger charge is 2.35. The van der Waals surface area contributed by atoms with Crippen molar-refractivity contribution >= 4 is 17.2 Å². The van der Waals surface area contributed by atoms with Crippen LogP contribution in [0.2, 0.25) is 0 Å². The molecule has 2 aromatic heterocycles. The van der Waals surface area contributed by atoms with Crippen LogP contribution in [-0.2, 0) is 18.4 Å². The summed E-state index contributed by atoms with van der Waals surface area (Å²) >= 11 is 1.73. The molecule has 2 aromatic rings. The first kappa shape index (κ1) is 16.8. The Hall–Kier alpha value is -1.66. The van der Waals surface area contributed by atoms with Crippen LogP contribution in [0.15, 0.2) is 29.2 Å². The molecular formula is C19H26N4OS. The highest BCUT2D eigenvalue weighted by atomic mass is 32.1. The number of carbonyl (C=O) groups is 1. The number of piperidine rings is 1. The molecule has 4 heterocycles. The summed E-state index contributed by atoms with van der Waals surface area (Å²) in [6.07, 6.45) is 8.02. The number of carbonyl (C=O) groups excluding carboxylic acids is 1. The van der Waals surface area contributed by atoms with E-state index in [1.807, 2.05) is 19.4 Å². The van der Waals surface area contributed by atoms with Gasteiger partial charge < -0.3 is 9.47 Å². The van der Waals surface area contributed by atoms with Crippen molar-refractivity contribution in [3.8, 4) is 0 Å². The average Bonchev–Trinajstić information content (AvgIpc) is 3.37. The molecule has 0 aliphatic carbocycles. The predicted molar refractivity (Wildman–Crippen MR) is 99.2 cm³/mol. The summed E-state index contributed by atoms with van der Waals surface area (Å²) in [6.45, 7) is 3.78. The predicted octanol–water partition coefficient (Wildman–Crippen LogP) is 3.06. The smallest absolute Gasteiger partial charge is 0.226 e. The van der Waals surface area contributed by atoms with Gasteiger partial charge in [0, 0.05) is 31.9 Å². The van der Waals surface area contributed by atoms with Gasteiger partial charge in [-0.2, -0.15) is 11.3 Å². The standard InChI is InChI=1S/C19H26N4OS/c1-21-11-7-20-18(21)13-22-9-4-15(5-10-22)19(24)23-8-2-3-17(23)16-6-12-25-14-16/h6-7,11-12,14-15,17H,2-5,8-10,13H2,1H3/t17-/m1/s1. The molecule has 0 radical (unpaired) electrons. The van der Waals surface area contributed by atoms with Crippen LogP contribution in [0.4, 0.5) is 0 Å². The van der Waals surface area contributed by atoms with Gasteiger partial charge in [0.05, 0.1) is 12.6 Å². The molecule has 134 valence electrons. The number of aryl methyl sites for hydroxylation is 1. The van der Waals surface area contributed by atoms with Gasteiger partial charge in [0.2, 0.25) is 5.91 Å². The maximum atomic E-state index is 13.1. The summed E-state index contributed by atoms with van der Waals surface area (Å²) in [6, 6.07) is 2.49. The Balaban J connectivity index is 1.34. The highest BCUT2D eigenvalue weighted by Crippen LogP contribution is 2.35. The third-order valence-corrected chi connectivity index (χ3v) is 6.39. The fraction of sp³-hybridized carbons (Fsp3) is 0.579. The molecular weight excluding hydrogens is 332 g/mol. The second-order valence-electron chi connectivity index (χ2n) is 7.25. The quantitative estimate of drug-likeness (QED) is 0.843. The number of hydrogen-bond acceptors (Lipinski definition) is 4. The van der Waals surface area contributed by atoms with Crippen molar-refractivity contribution < 1.29 is 4.79 Å². The fourth-order valence-electron chi connectivity index (χ4n) is 4.16. The van der Waals surface area contributed by atoms with E-state index < -0.39 is 0 Å². The average molecular weight is 359 g/mol. The Kier molecular flexibility index (Phi) is 4.90.